The molecule has 0 unspecified atom stereocenters. The maximum Gasteiger partial charge on any atom is 0.265 e. The number of rotatable bonds is 6. The molecule has 7 rings (SSSR count). The number of nitrogens with one attached hydrogen (secondary N) is 1. The maximum atomic E-state index is 15.2. The number of nitrogens with two attached hydrogens (primary N) is 1. The third-order valence-corrected chi connectivity index (χ3v) is 7.75. The summed E-state index contributed by atoms with van der Waals surface area (Å²) < 4.78 is 22.1. The number of methoxy groups -OCH3 is 1. The summed E-state index contributed by atoms with van der Waals surface area (Å²) in [6, 6.07) is 19.9. The molecule has 1 aliphatic carbocycles. The lowest BCUT2D eigenvalue weighted by Gasteiger charge is -2.16. The fourth-order valence-electron chi connectivity index (χ4n) is 5.62. The third kappa shape index (κ3) is 4.13. The molecule has 8 nitrogen and oxygen atoms in total. The predicted molar refractivity (Wildman–Crippen MR) is 157 cm³/mol. The number of halogens is 1. The predicted octanol–water partition coefficient (Wildman–Crippen LogP) is 5.70. The van der Waals surface area contributed by atoms with Gasteiger partial charge in [-0.15, -0.1) is 0 Å². The minimum atomic E-state index is -0.535. The van der Waals surface area contributed by atoms with Gasteiger partial charge in [-0.1, -0.05) is 30.3 Å². The van der Waals surface area contributed by atoms with E-state index < -0.39 is 18.0 Å². The average molecular weight is 548 g/mol. The van der Waals surface area contributed by atoms with E-state index in [-0.39, 0.29) is 11.3 Å². The van der Waals surface area contributed by atoms with Gasteiger partial charge in [0.05, 0.1) is 36.2 Å². The van der Waals surface area contributed by atoms with Crippen molar-refractivity contribution in [2.24, 2.45) is 0 Å². The number of H-pyrrole nitrogens is 1. The SMILES string of the molecule is COc1ccccc1-c1cc2c(-c3cccc(-n4ccc5cc(C6CC6)cc(F)c5c4=O)c3CO)nc(N)nc2[nH]1. The smallest absolute Gasteiger partial charge is 0.265 e. The van der Waals surface area contributed by atoms with Crippen molar-refractivity contribution in [3.05, 3.63) is 100 Å². The largest absolute Gasteiger partial charge is 0.496 e. The minimum Gasteiger partial charge on any atom is -0.496 e. The number of aliphatic hydroxyl groups is 1. The summed E-state index contributed by atoms with van der Waals surface area (Å²) in [7, 11) is 1.61. The Balaban J connectivity index is 1.41. The summed E-state index contributed by atoms with van der Waals surface area (Å²) in [6.45, 7) is -0.395. The van der Waals surface area contributed by atoms with E-state index >= 15 is 4.39 Å². The molecule has 1 aliphatic rings. The van der Waals surface area contributed by atoms with Crippen LogP contribution >= 0.6 is 0 Å². The average Bonchev–Trinajstić information content (AvgIpc) is 3.75. The lowest BCUT2D eigenvalue weighted by molar-refractivity contribution is 0.282. The number of aromatic amines is 1. The van der Waals surface area contributed by atoms with Crippen LogP contribution in [0.5, 0.6) is 5.75 Å². The molecule has 0 spiro atoms. The summed E-state index contributed by atoms with van der Waals surface area (Å²) >= 11 is 0. The number of hydrogen-bond acceptors (Lipinski definition) is 6. The number of ether oxygens (including phenoxy) is 1. The number of anilines is 1. The van der Waals surface area contributed by atoms with Crippen LogP contribution in [0, 0.1) is 5.82 Å². The molecule has 1 fully saturated rings. The van der Waals surface area contributed by atoms with E-state index in [1.54, 1.807) is 37.6 Å². The van der Waals surface area contributed by atoms with E-state index in [0.717, 1.165) is 29.7 Å². The van der Waals surface area contributed by atoms with Gasteiger partial charge in [0, 0.05) is 28.3 Å². The Hall–Kier alpha value is -5.02. The molecule has 0 atom stereocenters. The molecule has 0 amide bonds. The van der Waals surface area contributed by atoms with Gasteiger partial charge in [0.1, 0.15) is 17.2 Å². The molecule has 41 heavy (non-hydrogen) atoms. The number of nitrogens with zero attached hydrogens (tertiary/aromatic N) is 3. The van der Waals surface area contributed by atoms with Crippen molar-refractivity contribution in [3.63, 3.8) is 0 Å². The molecular formula is C32H26FN5O3. The second-order valence-corrected chi connectivity index (χ2v) is 10.3. The van der Waals surface area contributed by atoms with Gasteiger partial charge < -0.3 is 20.6 Å². The molecular weight excluding hydrogens is 521 g/mol. The highest BCUT2D eigenvalue weighted by Crippen LogP contribution is 2.41. The maximum absolute atomic E-state index is 15.2. The minimum absolute atomic E-state index is 0.0203. The molecule has 0 aliphatic heterocycles. The monoisotopic (exact) mass is 547 g/mol. The molecule has 0 saturated heterocycles. The summed E-state index contributed by atoms with van der Waals surface area (Å²) in [5.74, 6) is 0.563. The molecule has 4 N–H and O–H groups in total. The van der Waals surface area contributed by atoms with Crippen molar-refractivity contribution in [1.82, 2.24) is 19.5 Å². The highest BCUT2D eigenvalue weighted by molar-refractivity contribution is 5.96. The fourth-order valence-corrected chi connectivity index (χ4v) is 5.62. The van der Waals surface area contributed by atoms with Crippen LogP contribution in [0.4, 0.5) is 10.3 Å². The van der Waals surface area contributed by atoms with Crippen LogP contribution in [-0.4, -0.2) is 31.7 Å². The van der Waals surface area contributed by atoms with E-state index in [0.29, 0.717) is 50.6 Å². The van der Waals surface area contributed by atoms with Gasteiger partial charge in [-0.3, -0.25) is 9.36 Å². The Labute approximate surface area is 233 Å². The van der Waals surface area contributed by atoms with Gasteiger partial charge in [-0.2, -0.15) is 4.98 Å². The van der Waals surface area contributed by atoms with Crippen LogP contribution in [0.1, 0.15) is 29.9 Å². The normalized spacial score (nSPS) is 13.2. The number of hydrogen-bond donors (Lipinski definition) is 3. The van der Waals surface area contributed by atoms with E-state index in [2.05, 4.69) is 15.0 Å². The van der Waals surface area contributed by atoms with E-state index in [1.165, 1.54) is 10.6 Å². The second kappa shape index (κ2) is 9.57. The van der Waals surface area contributed by atoms with Crippen LogP contribution in [0.25, 0.3) is 50.0 Å². The Bertz CT molecular complexity index is 2040. The summed E-state index contributed by atoms with van der Waals surface area (Å²) in [4.78, 5) is 25.9. The number of pyridine rings is 1. The summed E-state index contributed by atoms with van der Waals surface area (Å²) in [5, 5.41) is 11.9. The molecule has 0 bridgehead atoms. The Morgan fingerprint density at radius 1 is 1.07 bits per heavy atom. The first-order chi connectivity index (χ1) is 20.0. The zero-order chi connectivity index (χ0) is 28.2. The highest BCUT2D eigenvalue weighted by atomic mass is 19.1. The van der Waals surface area contributed by atoms with Crippen LogP contribution in [0.15, 0.2) is 77.7 Å². The molecule has 0 radical (unpaired) electrons. The van der Waals surface area contributed by atoms with Gasteiger partial charge >= 0.3 is 0 Å². The molecule has 9 heteroatoms. The van der Waals surface area contributed by atoms with Crippen molar-refractivity contribution in [2.45, 2.75) is 25.4 Å². The van der Waals surface area contributed by atoms with Gasteiger partial charge in [-0.25, -0.2) is 9.37 Å². The standard InChI is InChI=1S/C32H26FN5O3/c1-41-27-8-3-2-5-21(27)25-15-22-29(36-32(34)37-30(22)35-25)20-6-4-7-26(23(20)16-39)38-12-11-18-13-19(17-9-10-17)14-24(33)28(18)31(38)40/h2-8,11-15,17,39H,9-10,16H2,1H3,(H3,34,35,36,37). The first-order valence-electron chi connectivity index (χ1n) is 13.3. The number of benzene rings is 3. The topological polar surface area (TPSA) is 119 Å². The zero-order valence-corrected chi connectivity index (χ0v) is 22.2. The first-order valence-corrected chi connectivity index (χ1v) is 13.3. The van der Waals surface area contributed by atoms with Crippen molar-refractivity contribution in [2.75, 3.05) is 12.8 Å². The number of nitrogen functional groups attached to an aromatic ring is 1. The fraction of sp³-hybridized carbons (Fsp3) is 0.156. The summed E-state index contributed by atoms with van der Waals surface area (Å²) in [5.41, 5.74) is 10.6. The van der Waals surface area contributed by atoms with Crippen LogP contribution < -0.4 is 16.0 Å². The van der Waals surface area contributed by atoms with E-state index in [1.807, 2.05) is 36.4 Å². The van der Waals surface area contributed by atoms with Crippen LogP contribution in [-0.2, 0) is 6.61 Å². The first kappa shape index (κ1) is 25.0. The van der Waals surface area contributed by atoms with Gasteiger partial charge in [0.2, 0.25) is 5.95 Å². The second-order valence-electron chi connectivity index (χ2n) is 10.3. The van der Waals surface area contributed by atoms with Crippen LogP contribution in [0.3, 0.4) is 0 Å². The highest BCUT2D eigenvalue weighted by Gasteiger charge is 2.25. The van der Waals surface area contributed by atoms with Gasteiger partial charge in [0.15, 0.2) is 0 Å². The zero-order valence-electron chi connectivity index (χ0n) is 22.2. The molecule has 3 aromatic heterocycles. The Morgan fingerprint density at radius 3 is 2.66 bits per heavy atom. The van der Waals surface area contributed by atoms with Gasteiger partial charge in [-0.05, 0) is 66.1 Å². The van der Waals surface area contributed by atoms with Crippen molar-refractivity contribution in [3.8, 4) is 34.0 Å². The lowest BCUT2D eigenvalue weighted by Crippen LogP contribution is -2.20. The number of aromatic nitrogens is 4. The Morgan fingerprint density at radius 2 is 1.88 bits per heavy atom. The quantitative estimate of drug-likeness (QED) is 0.246. The van der Waals surface area contributed by atoms with E-state index in [9.17, 15) is 9.90 Å². The molecule has 1 saturated carbocycles. The molecule has 6 aromatic rings. The van der Waals surface area contributed by atoms with Crippen LogP contribution in [0.2, 0.25) is 0 Å². The van der Waals surface area contributed by atoms with Gasteiger partial charge in [0.25, 0.3) is 5.56 Å². The molecule has 204 valence electrons. The van der Waals surface area contributed by atoms with Crippen molar-refractivity contribution >= 4 is 27.8 Å². The summed E-state index contributed by atoms with van der Waals surface area (Å²) in [6.07, 6.45) is 3.70. The third-order valence-electron chi connectivity index (χ3n) is 7.75. The van der Waals surface area contributed by atoms with Crippen molar-refractivity contribution < 1.29 is 14.2 Å². The molecule has 3 aromatic carbocycles. The number of fused-ring (bicyclic) bond motifs is 2. The molecule has 3 heterocycles. The van der Waals surface area contributed by atoms with Crippen molar-refractivity contribution in [1.29, 1.82) is 0 Å². The van der Waals surface area contributed by atoms with E-state index in [4.69, 9.17) is 10.5 Å². The number of para-hydroxylation sites is 1. The lowest BCUT2D eigenvalue weighted by atomic mass is 9.99. The Kier molecular flexibility index (Phi) is 5.83. The number of aliphatic hydroxyl groups excluding tert-OH is 1.